The molecule has 0 saturated carbocycles. The molecule has 0 aromatic heterocycles. The van der Waals surface area contributed by atoms with Crippen LogP contribution in [0.4, 0.5) is 0 Å². The first kappa shape index (κ1) is 12.9. The average molecular weight is 248 g/mol. The van der Waals surface area contributed by atoms with Crippen molar-refractivity contribution in [3.63, 3.8) is 0 Å². The van der Waals surface area contributed by atoms with Crippen molar-refractivity contribution in [1.82, 2.24) is 4.90 Å². The van der Waals surface area contributed by atoms with Crippen LogP contribution in [-0.2, 0) is 17.9 Å². The Hall–Kier alpha value is -1.55. The Balaban J connectivity index is 2.12. The number of rotatable bonds is 4. The molecule has 1 amide bonds. The van der Waals surface area contributed by atoms with Crippen LogP contribution >= 0.6 is 0 Å². The fourth-order valence-corrected chi connectivity index (χ4v) is 2.43. The summed E-state index contributed by atoms with van der Waals surface area (Å²) < 4.78 is 5.24. The molecule has 1 aromatic rings. The van der Waals surface area contributed by atoms with Crippen LogP contribution in [0, 0.1) is 5.92 Å². The molecule has 0 spiro atoms. The number of ether oxygens (including phenoxy) is 1. The number of likely N-dealkylation sites (tertiary alicyclic amines) is 1. The summed E-state index contributed by atoms with van der Waals surface area (Å²) in [6.07, 6.45) is 0.667. The van der Waals surface area contributed by atoms with Crippen molar-refractivity contribution < 1.29 is 9.53 Å². The van der Waals surface area contributed by atoms with Gasteiger partial charge in [-0.1, -0.05) is 13.0 Å². The molecule has 4 heteroatoms. The summed E-state index contributed by atoms with van der Waals surface area (Å²) >= 11 is 0. The first-order valence-electron chi connectivity index (χ1n) is 6.27. The first-order chi connectivity index (χ1) is 8.63. The Labute approximate surface area is 108 Å². The molecule has 0 aliphatic carbocycles. The number of methoxy groups -OCH3 is 1. The maximum atomic E-state index is 11.7. The normalized spacial score (nSPS) is 19.4. The highest BCUT2D eigenvalue weighted by atomic mass is 16.5. The number of nitrogens with zero attached hydrogens (tertiary/aromatic N) is 1. The molecule has 1 aliphatic rings. The second-order valence-electron chi connectivity index (χ2n) is 4.93. The predicted octanol–water partition coefficient (Wildman–Crippen LogP) is 1.52. The van der Waals surface area contributed by atoms with E-state index in [4.69, 9.17) is 10.5 Å². The molecule has 0 bridgehead atoms. The highest BCUT2D eigenvalue weighted by Gasteiger charge is 2.26. The van der Waals surface area contributed by atoms with Crippen LogP contribution in [0.15, 0.2) is 18.2 Å². The smallest absolute Gasteiger partial charge is 0.223 e. The highest BCUT2D eigenvalue weighted by molar-refractivity contribution is 5.78. The molecule has 1 atom stereocenters. The van der Waals surface area contributed by atoms with Crippen molar-refractivity contribution in [2.24, 2.45) is 11.7 Å². The molecule has 1 aromatic carbocycles. The van der Waals surface area contributed by atoms with Gasteiger partial charge in [-0.05, 0) is 23.6 Å². The van der Waals surface area contributed by atoms with Gasteiger partial charge in [-0.3, -0.25) is 4.79 Å². The van der Waals surface area contributed by atoms with Crippen LogP contribution < -0.4 is 10.5 Å². The van der Waals surface area contributed by atoms with E-state index in [-0.39, 0.29) is 5.91 Å². The Morgan fingerprint density at radius 3 is 2.83 bits per heavy atom. The van der Waals surface area contributed by atoms with Crippen molar-refractivity contribution in [2.45, 2.75) is 26.4 Å². The van der Waals surface area contributed by atoms with Gasteiger partial charge >= 0.3 is 0 Å². The van der Waals surface area contributed by atoms with Crippen LogP contribution in [-0.4, -0.2) is 24.5 Å². The lowest BCUT2D eigenvalue weighted by Gasteiger charge is -2.17. The molecule has 0 radical (unpaired) electrons. The second kappa shape index (κ2) is 5.40. The van der Waals surface area contributed by atoms with E-state index in [0.29, 0.717) is 25.4 Å². The molecule has 4 nitrogen and oxygen atoms in total. The number of carbonyl (C=O) groups excluding carboxylic acids is 1. The van der Waals surface area contributed by atoms with Crippen LogP contribution in [0.1, 0.15) is 24.5 Å². The fourth-order valence-electron chi connectivity index (χ4n) is 2.43. The third kappa shape index (κ3) is 2.64. The summed E-state index contributed by atoms with van der Waals surface area (Å²) in [4.78, 5) is 13.7. The van der Waals surface area contributed by atoms with Gasteiger partial charge in [-0.15, -0.1) is 0 Å². The maximum absolute atomic E-state index is 11.7. The van der Waals surface area contributed by atoms with E-state index in [1.54, 1.807) is 7.11 Å². The van der Waals surface area contributed by atoms with Crippen molar-refractivity contribution in [3.05, 3.63) is 29.3 Å². The molecule has 2 N–H and O–H groups in total. The van der Waals surface area contributed by atoms with Gasteiger partial charge in [0.1, 0.15) is 5.75 Å². The Morgan fingerprint density at radius 1 is 1.50 bits per heavy atom. The molecule has 1 saturated heterocycles. The Kier molecular flexibility index (Phi) is 3.87. The predicted molar refractivity (Wildman–Crippen MR) is 70.1 cm³/mol. The largest absolute Gasteiger partial charge is 0.496 e. The number of amides is 1. The van der Waals surface area contributed by atoms with Crippen molar-refractivity contribution >= 4 is 5.91 Å². The molecule has 1 unspecified atom stereocenters. The van der Waals surface area contributed by atoms with E-state index < -0.39 is 0 Å². The zero-order chi connectivity index (χ0) is 13.1. The third-order valence-electron chi connectivity index (χ3n) is 3.35. The van der Waals surface area contributed by atoms with Crippen LogP contribution in [0.3, 0.4) is 0 Å². The summed E-state index contributed by atoms with van der Waals surface area (Å²) in [6, 6.07) is 5.94. The minimum absolute atomic E-state index is 0.243. The second-order valence-corrected chi connectivity index (χ2v) is 4.93. The quantitative estimate of drug-likeness (QED) is 0.879. The summed E-state index contributed by atoms with van der Waals surface area (Å²) in [5.74, 6) is 1.51. The number of nitrogens with two attached hydrogens (primary N) is 1. The third-order valence-corrected chi connectivity index (χ3v) is 3.35. The van der Waals surface area contributed by atoms with Crippen LogP contribution in [0.5, 0.6) is 5.75 Å². The number of benzene rings is 1. The van der Waals surface area contributed by atoms with Gasteiger partial charge in [0, 0.05) is 31.6 Å². The van der Waals surface area contributed by atoms with E-state index >= 15 is 0 Å². The Morgan fingerprint density at radius 2 is 2.28 bits per heavy atom. The minimum Gasteiger partial charge on any atom is -0.496 e. The van der Waals surface area contributed by atoms with Crippen molar-refractivity contribution in [3.8, 4) is 5.75 Å². The molecular weight excluding hydrogens is 228 g/mol. The Bertz CT molecular complexity index is 445. The van der Waals surface area contributed by atoms with Crippen molar-refractivity contribution in [2.75, 3.05) is 13.7 Å². The first-order valence-corrected chi connectivity index (χ1v) is 6.27. The van der Waals surface area contributed by atoms with Gasteiger partial charge in [0.15, 0.2) is 0 Å². The molecule has 1 fully saturated rings. The van der Waals surface area contributed by atoms with Crippen LogP contribution in [0.25, 0.3) is 0 Å². The summed E-state index contributed by atoms with van der Waals surface area (Å²) in [5.41, 5.74) is 7.78. The van der Waals surface area contributed by atoms with Gasteiger partial charge in [0.25, 0.3) is 0 Å². The van der Waals surface area contributed by atoms with Gasteiger partial charge < -0.3 is 15.4 Å². The summed E-state index contributed by atoms with van der Waals surface area (Å²) in [6.45, 7) is 4.07. The molecule has 98 valence electrons. The number of carbonyl (C=O) groups is 1. The zero-order valence-corrected chi connectivity index (χ0v) is 11.0. The fraction of sp³-hybridized carbons (Fsp3) is 0.500. The monoisotopic (exact) mass is 248 g/mol. The molecule has 18 heavy (non-hydrogen) atoms. The highest BCUT2D eigenvalue weighted by Crippen LogP contribution is 2.23. The van der Waals surface area contributed by atoms with E-state index in [9.17, 15) is 4.79 Å². The summed E-state index contributed by atoms with van der Waals surface area (Å²) in [7, 11) is 1.64. The lowest BCUT2D eigenvalue weighted by molar-refractivity contribution is -0.128. The molecule has 2 rings (SSSR count). The molecule has 1 heterocycles. The SMILES string of the molecule is COc1ccc(CN2CC(C)CC2=O)cc1CN. The van der Waals surface area contributed by atoms with Gasteiger partial charge in [0.2, 0.25) is 5.91 Å². The summed E-state index contributed by atoms with van der Waals surface area (Å²) in [5, 5.41) is 0. The molecule has 1 aliphatic heterocycles. The lowest BCUT2D eigenvalue weighted by atomic mass is 10.1. The van der Waals surface area contributed by atoms with Crippen molar-refractivity contribution in [1.29, 1.82) is 0 Å². The number of hydrogen-bond donors (Lipinski definition) is 1. The lowest BCUT2D eigenvalue weighted by Crippen LogP contribution is -2.24. The van der Waals surface area contributed by atoms with E-state index in [0.717, 1.165) is 23.4 Å². The van der Waals surface area contributed by atoms with E-state index in [1.165, 1.54) is 0 Å². The topological polar surface area (TPSA) is 55.6 Å². The van der Waals surface area contributed by atoms with Crippen LogP contribution in [0.2, 0.25) is 0 Å². The average Bonchev–Trinajstić information content (AvgIpc) is 2.67. The molecular formula is C14H20N2O2. The number of hydrogen-bond acceptors (Lipinski definition) is 3. The maximum Gasteiger partial charge on any atom is 0.223 e. The van der Waals surface area contributed by atoms with Gasteiger partial charge in [0.05, 0.1) is 7.11 Å². The van der Waals surface area contributed by atoms with Gasteiger partial charge in [-0.2, -0.15) is 0 Å². The standard InChI is InChI=1S/C14H20N2O2/c1-10-5-14(17)16(8-10)9-11-3-4-13(18-2)12(6-11)7-15/h3-4,6,10H,5,7-9,15H2,1-2H3. The van der Waals surface area contributed by atoms with Gasteiger partial charge in [-0.25, -0.2) is 0 Å². The van der Waals surface area contributed by atoms with E-state index in [2.05, 4.69) is 6.92 Å². The zero-order valence-electron chi connectivity index (χ0n) is 11.0. The minimum atomic E-state index is 0.243. The van der Waals surface area contributed by atoms with E-state index in [1.807, 2.05) is 23.1 Å².